The van der Waals surface area contributed by atoms with E-state index in [2.05, 4.69) is 59.6 Å². The van der Waals surface area contributed by atoms with E-state index >= 15 is 0 Å². The average Bonchev–Trinajstić information content (AvgIpc) is 2.72. The molecule has 1 aromatic heterocycles. The van der Waals surface area contributed by atoms with Crippen molar-refractivity contribution < 1.29 is 0 Å². The summed E-state index contributed by atoms with van der Waals surface area (Å²) in [6.45, 7) is 4.15. The van der Waals surface area contributed by atoms with Crippen molar-refractivity contribution in [2.24, 2.45) is 0 Å². The van der Waals surface area contributed by atoms with Gasteiger partial charge in [0.1, 0.15) is 0 Å². The van der Waals surface area contributed by atoms with Gasteiger partial charge >= 0.3 is 0 Å². The maximum Gasteiger partial charge on any atom is 0.0924 e. The smallest absolute Gasteiger partial charge is 0.0924 e. The molecule has 0 aliphatic rings. The standard InChI is InChI=1S/C15H14N2/c1-10-3-5-12(6-4-10)13-7-8-15-14(9-13)11(2)16-17-15/h3-9H,1-2H3,(H,16,17). The molecular weight excluding hydrogens is 208 g/mol. The minimum atomic E-state index is 1.03. The molecule has 0 aliphatic carbocycles. The van der Waals surface area contributed by atoms with Crippen LogP contribution in [0.1, 0.15) is 11.3 Å². The first-order chi connectivity index (χ1) is 8.24. The van der Waals surface area contributed by atoms with Gasteiger partial charge < -0.3 is 0 Å². The Hall–Kier alpha value is -2.09. The lowest BCUT2D eigenvalue weighted by atomic mass is 10.0. The molecule has 0 amide bonds. The van der Waals surface area contributed by atoms with Gasteiger partial charge in [0.05, 0.1) is 5.52 Å². The maximum absolute atomic E-state index is 4.24. The van der Waals surface area contributed by atoms with Gasteiger partial charge in [-0.2, -0.15) is 5.10 Å². The first kappa shape index (κ1) is 10.1. The zero-order chi connectivity index (χ0) is 11.8. The topological polar surface area (TPSA) is 28.7 Å². The number of aromatic nitrogens is 2. The van der Waals surface area contributed by atoms with E-state index in [-0.39, 0.29) is 0 Å². The van der Waals surface area contributed by atoms with Crippen LogP contribution in [0.5, 0.6) is 0 Å². The SMILES string of the molecule is Cc1ccc(-c2ccc3n[nH]c(C)c3c2)cc1. The van der Waals surface area contributed by atoms with E-state index in [4.69, 9.17) is 0 Å². The third-order valence-corrected chi connectivity index (χ3v) is 3.13. The van der Waals surface area contributed by atoms with Crippen LogP contribution in [0.15, 0.2) is 42.5 Å². The molecule has 0 bridgehead atoms. The third kappa shape index (κ3) is 1.72. The second-order valence-corrected chi connectivity index (χ2v) is 4.45. The largest absolute Gasteiger partial charge is 0.282 e. The zero-order valence-electron chi connectivity index (χ0n) is 9.99. The first-order valence-electron chi connectivity index (χ1n) is 5.76. The Balaban J connectivity index is 2.17. The van der Waals surface area contributed by atoms with E-state index in [1.807, 2.05) is 6.92 Å². The summed E-state index contributed by atoms with van der Waals surface area (Å²) < 4.78 is 0. The van der Waals surface area contributed by atoms with Crippen LogP contribution in [0.4, 0.5) is 0 Å². The number of nitrogens with one attached hydrogen (secondary N) is 1. The van der Waals surface area contributed by atoms with Gasteiger partial charge in [-0.1, -0.05) is 35.9 Å². The molecule has 84 valence electrons. The van der Waals surface area contributed by atoms with E-state index in [0.29, 0.717) is 0 Å². The van der Waals surface area contributed by atoms with Crippen molar-refractivity contribution >= 4 is 10.9 Å². The van der Waals surface area contributed by atoms with Crippen molar-refractivity contribution in [2.45, 2.75) is 13.8 Å². The quantitative estimate of drug-likeness (QED) is 0.665. The van der Waals surface area contributed by atoms with Crippen molar-refractivity contribution in [3.05, 3.63) is 53.7 Å². The molecule has 0 spiro atoms. The highest BCUT2D eigenvalue weighted by atomic mass is 15.1. The van der Waals surface area contributed by atoms with Crippen LogP contribution in [0.25, 0.3) is 22.0 Å². The Bertz CT molecular complexity index is 663. The van der Waals surface area contributed by atoms with Gasteiger partial charge in [-0.3, -0.25) is 5.10 Å². The Morgan fingerprint density at radius 3 is 2.35 bits per heavy atom. The monoisotopic (exact) mass is 222 g/mol. The molecule has 3 aromatic rings. The van der Waals surface area contributed by atoms with Crippen LogP contribution >= 0.6 is 0 Å². The number of aromatic amines is 1. The number of rotatable bonds is 1. The Labute approximate surface area is 100 Å². The Kier molecular flexibility index (Phi) is 2.22. The van der Waals surface area contributed by atoms with Crippen molar-refractivity contribution in [1.29, 1.82) is 0 Å². The normalized spacial score (nSPS) is 10.9. The highest BCUT2D eigenvalue weighted by Gasteiger charge is 2.03. The number of nitrogens with zero attached hydrogens (tertiary/aromatic N) is 1. The number of hydrogen-bond acceptors (Lipinski definition) is 1. The molecule has 1 heterocycles. The molecule has 0 aliphatic heterocycles. The molecule has 0 saturated heterocycles. The molecule has 0 fully saturated rings. The lowest BCUT2D eigenvalue weighted by Gasteiger charge is -2.02. The predicted octanol–water partition coefficient (Wildman–Crippen LogP) is 3.85. The van der Waals surface area contributed by atoms with Crippen molar-refractivity contribution in [3.63, 3.8) is 0 Å². The predicted molar refractivity (Wildman–Crippen MR) is 71.0 cm³/mol. The number of H-pyrrole nitrogens is 1. The fourth-order valence-corrected chi connectivity index (χ4v) is 2.06. The summed E-state index contributed by atoms with van der Waals surface area (Å²) in [6, 6.07) is 15.0. The molecular formula is C15H14N2. The summed E-state index contributed by atoms with van der Waals surface area (Å²) in [5, 5.41) is 8.45. The summed E-state index contributed by atoms with van der Waals surface area (Å²) in [6.07, 6.45) is 0. The molecule has 17 heavy (non-hydrogen) atoms. The van der Waals surface area contributed by atoms with Crippen LogP contribution in [0.3, 0.4) is 0 Å². The van der Waals surface area contributed by atoms with E-state index in [0.717, 1.165) is 11.2 Å². The number of hydrogen-bond donors (Lipinski definition) is 1. The number of benzene rings is 2. The molecule has 0 radical (unpaired) electrons. The van der Waals surface area contributed by atoms with Crippen LogP contribution in [-0.4, -0.2) is 10.2 Å². The summed E-state index contributed by atoms with van der Waals surface area (Å²) in [5.41, 5.74) is 5.92. The second kappa shape index (κ2) is 3.74. The lowest BCUT2D eigenvalue weighted by Crippen LogP contribution is -1.79. The third-order valence-electron chi connectivity index (χ3n) is 3.13. The second-order valence-electron chi connectivity index (χ2n) is 4.45. The zero-order valence-corrected chi connectivity index (χ0v) is 9.99. The minimum Gasteiger partial charge on any atom is -0.282 e. The van der Waals surface area contributed by atoms with Gasteiger partial charge in [0.25, 0.3) is 0 Å². The molecule has 2 aromatic carbocycles. The van der Waals surface area contributed by atoms with E-state index in [1.165, 1.54) is 22.1 Å². The van der Waals surface area contributed by atoms with E-state index in [9.17, 15) is 0 Å². The summed E-state index contributed by atoms with van der Waals surface area (Å²) in [7, 11) is 0. The fourth-order valence-electron chi connectivity index (χ4n) is 2.06. The minimum absolute atomic E-state index is 1.03. The summed E-state index contributed by atoms with van der Waals surface area (Å²) >= 11 is 0. The van der Waals surface area contributed by atoms with E-state index in [1.54, 1.807) is 0 Å². The van der Waals surface area contributed by atoms with Gasteiger partial charge in [0.15, 0.2) is 0 Å². The van der Waals surface area contributed by atoms with Crippen LogP contribution in [-0.2, 0) is 0 Å². The molecule has 0 atom stereocenters. The van der Waals surface area contributed by atoms with Crippen LogP contribution in [0.2, 0.25) is 0 Å². The number of fused-ring (bicyclic) bond motifs is 1. The highest BCUT2D eigenvalue weighted by molar-refractivity contribution is 5.86. The molecule has 0 saturated carbocycles. The number of aryl methyl sites for hydroxylation is 2. The van der Waals surface area contributed by atoms with E-state index < -0.39 is 0 Å². The molecule has 2 nitrogen and oxygen atoms in total. The molecule has 3 rings (SSSR count). The van der Waals surface area contributed by atoms with Crippen molar-refractivity contribution in [1.82, 2.24) is 10.2 Å². The molecule has 2 heteroatoms. The van der Waals surface area contributed by atoms with Gasteiger partial charge in [-0.15, -0.1) is 0 Å². The fraction of sp³-hybridized carbons (Fsp3) is 0.133. The van der Waals surface area contributed by atoms with Crippen LogP contribution < -0.4 is 0 Å². The van der Waals surface area contributed by atoms with Crippen molar-refractivity contribution in [2.75, 3.05) is 0 Å². The molecule has 0 unspecified atom stereocenters. The summed E-state index contributed by atoms with van der Waals surface area (Å²) in [4.78, 5) is 0. The molecule has 1 N–H and O–H groups in total. The van der Waals surface area contributed by atoms with Crippen molar-refractivity contribution in [3.8, 4) is 11.1 Å². The lowest BCUT2D eigenvalue weighted by molar-refractivity contribution is 1.07. The average molecular weight is 222 g/mol. The highest BCUT2D eigenvalue weighted by Crippen LogP contribution is 2.25. The van der Waals surface area contributed by atoms with Gasteiger partial charge in [0, 0.05) is 11.1 Å². The van der Waals surface area contributed by atoms with Crippen LogP contribution in [0, 0.1) is 13.8 Å². The summed E-state index contributed by atoms with van der Waals surface area (Å²) in [5.74, 6) is 0. The Morgan fingerprint density at radius 2 is 1.59 bits per heavy atom. The Morgan fingerprint density at radius 1 is 0.882 bits per heavy atom. The van der Waals surface area contributed by atoms with Gasteiger partial charge in [-0.25, -0.2) is 0 Å². The first-order valence-corrected chi connectivity index (χ1v) is 5.76. The van der Waals surface area contributed by atoms with Gasteiger partial charge in [0.2, 0.25) is 0 Å². The maximum atomic E-state index is 4.24. The van der Waals surface area contributed by atoms with Gasteiger partial charge in [-0.05, 0) is 37.1 Å².